The summed E-state index contributed by atoms with van der Waals surface area (Å²) in [5, 5.41) is 0. The molecule has 0 aliphatic rings. The molecule has 1 rings (SSSR count). The number of hydrogen-bond donors (Lipinski definition) is 0. The van der Waals surface area contributed by atoms with Crippen molar-refractivity contribution in [1.29, 1.82) is 0 Å². The van der Waals surface area contributed by atoms with Crippen molar-refractivity contribution < 1.29 is 9.53 Å². The van der Waals surface area contributed by atoms with Gasteiger partial charge >= 0.3 is 5.97 Å². The lowest BCUT2D eigenvalue weighted by Gasteiger charge is -2.03. The summed E-state index contributed by atoms with van der Waals surface area (Å²) in [5.41, 5.74) is 2.76. The first kappa shape index (κ1) is 10.5. The van der Waals surface area contributed by atoms with Crippen LogP contribution in [0.1, 0.15) is 11.1 Å². The topological polar surface area (TPSA) is 26.3 Å². The number of aryl methyl sites for hydroxylation is 1. The molecule has 0 spiro atoms. The zero-order chi connectivity index (χ0) is 10.6. The number of benzene rings is 1. The average Bonchev–Trinajstić information content (AvgIpc) is 2.20. The third kappa shape index (κ3) is 2.73. The summed E-state index contributed by atoms with van der Waals surface area (Å²) < 4.78 is 4.57. The number of rotatable bonds is 3. The van der Waals surface area contributed by atoms with Crippen molar-refractivity contribution in [3.8, 4) is 0 Å². The molecule has 0 saturated carbocycles. The minimum absolute atomic E-state index is 0.342. The predicted octanol–water partition coefficient (Wildman–Crippen LogP) is 2.27. The Hall–Kier alpha value is -1.57. The number of hydrogen-bond acceptors (Lipinski definition) is 2. The van der Waals surface area contributed by atoms with Crippen molar-refractivity contribution in [2.24, 2.45) is 0 Å². The maximum absolute atomic E-state index is 11.1. The second-order valence-corrected chi connectivity index (χ2v) is 3.26. The highest BCUT2D eigenvalue weighted by molar-refractivity contribution is 5.88. The van der Waals surface area contributed by atoms with Crippen LogP contribution in [0.5, 0.6) is 0 Å². The highest BCUT2D eigenvalue weighted by Crippen LogP contribution is 2.09. The van der Waals surface area contributed by atoms with E-state index in [0.29, 0.717) is 12.0 Å². The maximum Gasteiger partial charge on any atom is 0.333 e. The Morgan fingerprint density at radius 1 is 1.36 bits per heavy atom. The molecule has 0 bridgehead atoms. The lowest BCUT2D eigenvalue weighted by Crippen LogP contribution is -2.05. The van der Waals surface area contributed by atoms with Crippen molar-refractivity contribution in [3.05, 3.63) is 47.5 Å². The summed E-state index contributed by atoms with van der Waals surface area (Å²) in [7, 11) is 1.36. The molecule has 0 aromatic heterocycles. The van der Waals surface area contributed by atoms with E-state index in [1.165, 1.54) is 12.7 Å². The van der Waals surface area contributed by atoms with E-state index in [9.17, 15) is 4.79 Å². The highest BCUT2D eigenvalue weighted by Gasteiger charge is 2.06. The van der Waals surface area contributed by atoms with E-state index in [1.54, 1.807) is 0 Å². The quantitative estimate of drug-likeness (QED) is 0.540. The van der Waals surface area contributed by atoms with Crippen LogP contribution in [-0.4, -0.2) is 13.1 Å². The summed E-state index contributed by atoms with van der Waals surface area (Å²) in [6, 6.07) is 8.01. The number of methoxy groups -OCH3 is 1. The molecule has 0 atom stereocenters. The highest BCUT2D eigenvalue weighted by atomic mass is 16.5. The van der Waals surface area contributed by atoms with Crippen LogP contribution >= 0.6 is 0 Å². The van der Waals surface area contributed by atoms with Crippen molar-refractivity contribution in [2.45, 2.75) is 13.3 Å². The van der Waals surface area contributed by atoms with Crippen LogP contribution in [-0.2, 0) is 16.0 Å². The molecule has 2 heteroatoms. The first-order chi connectivity index (χ1) is 6.63. The lowest BCUT2D eigenvalue weighted by atomic mass is 10.1. The molecule has 0 N–H and O–H groups in total. The minimum atomic E-state index is -0.342. The van der Waals surface area contributed by atoms with E-state index in [1.807, 2.05) is 31.2 Å². The van der Waals surface area contributed by atoms with Crippen molar-refractivity contribution in [1.82, 2.24) is 0 Å². The predicted molar refractivity (Wildman–Crippen MR) is 56.0 cm³/mol. The first-order valence-corrected chi connectivity index (χ1v) is 4.45. The summed E-state index contributed by atoms with van der Waals surface area (Å²) in [5.74, 6) is -0.342. The molecule has 1 aromatic carbocycles. The number of ether oxygens (including phenoxy) is 1. The summed E-state index contributed by atoms with van der Waals surface area (Å²) >= 11 is 0. The van der Waals surface area contributed by atoms with Gasteiger partial charge in [0, 0.05) is 12.0 Å². The van der Waals surface area contributed by atoms with Crippen LogP contribution in [0.25, 0.3) is 0 Å². The number of carbonyl (C=O) groups excluding carboxylic acids is 1. The molecule has 0 heterocycles. The van der Waals surface area contributed by atoms with E-state index in [-0.39, 0.29) is 5.97 Å². The maximum atomic E-state index is 11.1. The summed E-state index contributed by atoms with van der Waals surface area (Å²) in [6.45, 7) is 5.70. The van der Waals surface area contributed by atoms with E-state index in [4.69, 9.17) is 0 Å². The molecule has 0 radical (unpaired) electrons. The van der Waals surface area contributed by atoms with Gasteiger partial charge in [0.05, 0.1) is 7.11 Å². The van der Waals surface area contributed by atoms with Crippen molar-refractivity contribution in [2.75, 3.05) is 7.11 Å². The monoisotopic (exact) mass is 190 g/mol. The van der Waals surface area contributed by atoms with Gasteiger partial charge in [-0.25, -0.2) is 4.79 Å². The molecule has 1 aromatic rings. The minimum Gasteiger partial charge on any atom is -0.466 e. The molecule has 0 saturated heterocycles. The molecule has 0 fully saturated rings. The average molecular weight is 190 g/mol. The van der Waals surface area contributed by atoms with Gasteiger partial charge in [-0.05, 0) is 12.5 Å². The van der Waals surface area contributed by atoms with E-state index in [2.05, 4.69) is 11.3 Å². The van der Waals surface area contributed by atoms with Gasteiger partial charge in [-0.3, -0.25) is 0 Å². The third-order valence-corrected chi connectivity index (χ3v) is 2.01. The number of esters is 1. The fourth-order valence-corrected chi connectivity index (χ4v) is 1.17. The number of carbonyl (C=O) groups is 1. The van der Waals surface area contributed by atoms with Gasteiger partial charge in [0.25, 0.3) is 0 Å². The molecule has 2 nitrogen and oxygen atoms in total. The smallest absolute Gasteiger partial charge is 0.333 e. The molecule has 0 amide bonds. The zero-order valence-electron chi connectivity index (χ0n) is 8.54. The van der Waals surface area contributed by atoms with Crippen LogP contribution in [0.2, 0.25) is 0 Å². The fourth-order valence-electron chi connectivity index (χ4n) is 1.17. The van der Waals surface area contributed by atoms with Crippen LogP contribution in [0.3, 0.4) is 0 Å². The molecule has 74 valence electrons. The van der Waals surface area contributed by atoms with Crippen LogP contribution < -0.4 is 0 Å². The molecule has 0 aliphatic carbocycles. The van der Waals surface area contributed by atoms with Gasteiger partial charge in [-0.1, -0.05) is 36.4 Å². The first-order valence-electron chi connectivity index (χ1n) is 4.45. The van der Waals surface area contributed by atoms with E-state index >= 15 is 0 Å². The standard InChI is InChI=1S/C12H14O2/c1-9-4-6-11(7-5-9)8-10(2)12(13)14-3/h4-7H,2,8H2,1,3H3. The van der Waals surface area contributed by atoms with Gasteiger partial charge in [0.2, 0.25) is 0 Å². The second-order valence-electron chi connectivity index (χ2n) is 3.26. The third-order valence-electron chi connectivity index (χ3n) is 2.01. The molecular weight excluding hydrogens is 176 g/mol. The zero-order valence-corrected chi connectivity index (χ0v) is 8.54. The van der Waals surface area contributed by atoms with Gasteiger partial charge in [0.1, 0.15) is 0 Å². The summed E-state index contributed by atoms with van der Waals surface area (Å²) in [4.78, 5) is 11.1. The van der Waals surface area contributed by atoms with Crippen LogP contribution in [0.15, 0.2) is 36.4 Å². The SMILES string of the molecule is C=C(Cc1ccc(C)cc1)C(=O)OC. The largest absolute Gasteiger partial charge is 0.466 e. The van der Waals surface area contributed by atoms with Gasteiger partial charge in [0.15, 0.2) is 0 Å². The molecular formula is C12H14O2. The Labute approximate surface area is 84.2 Å². The van der Waals surface area contributed by atoms with Crippen molar-refractivity contribution >= 4 is 5.97 Å². The van der Waals surface area contributed by atoms with Gasteiger partial charge < -0.3 is 4.74 Å². The van der Waals surface area contributed by atoms with Gasteiger partial charge in [-0.15, -0.1) is 0 Å². The molecule has 14 heavy (non-hydrogen) atoms. The molecule has 0 aliphatic heterocycles. The normalized spacial score (nSPS) is 9.57. The Morgan fingerprint density at radius 3 is 2.43 bits per heavy atom. The Bertz CT molecular complexity index is 336. The Morgan fingerprint density at radius 2 is 1.93 bits per heavy atom. The Balaban J connectivity index is 2.65. The molecule has 0 unspecified atom stereocenters. The van der Waals surface area contributed by atoms with Crippen LogP contribution in [0.4, 0.5) is 0 Å². The van der Waals surface area contributed by atoms with Gasteiger partial charge in [-0.2, -0.15) is 0 Å². The Kier molecular flexibility index (Phi) is 3.46. The second kappa shape index (κ2) is 4.61. The van der Waals surface area contributed by atoms with E-state index < -0.39 is 0 Å². The van der Waals surface area contributed by atoms with Crippen LogP contribution in [0, 0.1) is 6.92 Å². The lowest BCUT2D eigenvalue weighted by molar-refractivity contribution is -0.136. The fraction of sp³-hybridized carbons (Fsp3) is 0.250. The summed E-state index contributed by atoms with van der Waals surface area (Å²) in [6.07, 6.45) is 0.549. The van der Waals surface area contributed by atoms with Crippen molar-refractivity contribution in [3.63, 3.8) is 0 Å². The van der Waals surface area contributed by atoms with E-state index in [0.717, 1.165) is 5.56 Å².